The molecule has 1 aromatic heterocycles. The third-order valence-corrected chi connectivity index (χ3v) is 2.18. The first kappa shape index (κ1) is 12.7. The van der Waals surface area contributed by atoms with Crippen LogP contribution >= 0.6 is 0 Å². The number of esters is 1. The highest BCUT2D eigenvalue weighted by atomic mass is 16.5. The SMILES string of the molecule is CCCNCc1c(C(=O)OCC)noc1C. The van der Waals surface area contributed by atoms with Crippen LogP contribution in [0.15, 0.2) is 4.52 Å². The number of carbonyl (C=O) groups is 1. The zero-order valence-electron chi connectivity index (χ0n) is 10.0. The van der Waals surface area contributed by atoms with Gasteiger partial charge in [0.05, 0.1) is 6.61 Å². The lowest BCUT2D eigenvalue weighted by atomic mass is 10.2. The summed E-state index contributed by atoms with van der Waals surface area (Å²) >= 11 is 0. The molecule has 0 aliphatic carbocycles. The van der Waals surface area contributed by atoms with Crippen molar-refractivity contribution in [2.45, 2.75) is 33.7 Å². The van der Waals surface area contributed by atoms with Gasteiger partial charge in [0, 0.05) is 12.1 Å². The molecule has 0 bridgehead atoms. The van der Waals surface area contributed by atoms with Gasteiger partial charge in [-0.05, 0) is 26.8 Å². The van der Waals surface area contributed by atoms with E-state index in [1.807, 2.05) is 0 Å². The molecular weight excluding hydrogens is 208 g/mol. The highest BCUT2D eigenvalue weighted by molar-refractivity contribution is 5.88. The summed E-state index contributed by atoms with van der Waals surface area (Å²) in [5.74, 6) is 0.235. The maximum atomic E-state index is 11.5. The van der Waals surface area contributed by atoms with Crippen molar-refractivity contribution in [2.24, 2.45) is 0 Å². The molecule has 0 aliphatic rings. The number of nitrogens with zero attached hydrogens (tertiary/aromatic N) is 1. The van der Waals surface area contributed by atoms with Gasteiger partial charge in [-0.2, -0.15) is 0 Å². The van der Waals surface area contributed by atoms with E-state index in [0.29, 0.717) is 18.9 Å². The first-order valence-corrected chi connectivity index (χ1v) is 5.53. The lowest BCUT2D eigenvalue weighted by Gasteiger charge is -2.03. The summed E-state index contributed by atoms with van der Waals surface area (Å²) in [6.45, 7) is 7.45. The van der Waals surface area contributed by atoms with Gasteiger partial charge in [-0.25, -0.2) is 4.79 Å². The van der Waals surface area contributed by atoms with Gasteiger partial charge in [-0.15, -0.1) is 0 Å². The highest BCUT2D eigenvalue weighted by Gasteiger charge is 2.20. The van der Waals surface area contributed by atoms with Crippen molar-refractivity contribution < 1.29 is 14.1 Å². The van der Waals surface area contributed by atoms with E-state index < -0.39 is 5.97 Å². The summed E-state index contributed by atoms with van der Waals surface area (Å²) in [5, 5.41) is 6.93. The molecule has 0 amide bonds. The van der Waals surface area contributed by atoms with E-state index in [-0.39, 0.29) is 5.69 Å². The molecule has 5 nitrogen and oxygen atoms in total. The third kappa shape index (κ3) is 3.06. The number of aryl methyl sites for hydroxylation is 1. The summed E-state index contributed by atoms with van der Waals surface area (Å²) in [6.07, 6.45) is 1.04. The number of hydrogen-bond donors (Lipinski definition) is 1. The van der Waals surface area contributed by atoms with Crippen molar-refractivity contribution in [3.63, 3.8) is 0 Å². The number of carbonyl (C=O) groups excluding carboxylic acids is 1. The van der Waals surface area contributed by atoms with Crippen LogP contribution < -0.4 is 5.32 Å². The van der Waals surface area contributed by atoms with Gasteiger partial charge >= 0.3 is 5.97 Å². The van der Waals surface area contributed by atoms with E-state index in [2.05, 4.69) is 17.4 Å². The van der Waals surface area contributed by atoms with Gasteiger partial charge < -0.3 is 14.6 Å². The first-order chi connectivity index (χ1) is 7.70. The normalized spacial score (nSPS) is 10.4. The Morgan fingerprint density at radius 1 is 1.50 bits per heavy atom. The summed E-state index contributed by atoms with van der Waals surface area (Å²) < 4.78 is 9.90. The fourth-order valence-electron chi connectivity index (χ4n) is 1.35. The lowest BCUT2D eigenvalue weighted by Crippen LogP contribution is -2.17. The highest BCUT2D eigenvalue weighted by Crippen LogP contribution is 2.14. The fourth-order valence-corrected chi connectivity index (χ4v) is 1.35. The summed E-state index contributed by atoms with van der Waals surface area (Å²) in [7, 11) is 0. The van der Waals surface area contributed by atoms with Gasteiger partial charge in [-0.3, -0.25) is 0 Å². The minimum Gasteiger partial charge on any atom is -0.461 e. The van der Waals surface area contributed by atoms with Crippen LogP contribution in [0.5, 0.6) is 0 Å². The van der Waals surface area contributed by atoms with Crippen molar-refractivity contribution in [1.82, 2.24) is 10.5 Å². The first-order valence-electron chi connectivity index (χ1n) is 5.53. The second kappa shape index (κ2) is 6.27. The molecule has 1 heterocycles. The predicted molar refractivity (Wildman–Crippen MR) is 59.2 cm³/mol. The second-order valence-corrected chi connectivity index (χ2v) is 3.46. The predicted octanol–water partition coefficient (Wildman–Crippen LogP) is 1.66. The van der Waals surface area contributed by atoms with Crippen LogP contribution in [-0.4, -0.2) is 24.3 Å². The average molecular weight is 226 g/mol. The Bertz CT molecular complexity index is 347. The molecule has 0 fully saturated rings. The van der Waals surface area contributed by atoms with E-state index in [1.165, 1.54) is 0 Å². The van der Waals surface area contributed by atoms with E-state index in [4.69, 9.17) is 9.26 Å². The maximum absolute atomic E-state index is 11.5. The van der Waals surface area contributed by atoms with Crippen LogP contribution in [0.25, 0.3) is 0 Å². The van der Waals surface area contributed by atoms with Gasteiger partial charge in [0.2, 0.25) is 0 Å². The molecular formula is C11H18N2O3. The van der Waals surface area contributed by atoms with Gasteiger partial charge in [0.15, 0.2) is 5.69 Å². The molecule has 1 aromatic rings. The minimum absolute atomic E-state index is 0.281. The fraction of sp³-hybridized carbons (Fsp3) is 0.636. The number of ether oxygens (including phenoxy) is 1. The molecule has 0 radical (unpaired) electrons. The lowest BCUT2D eigenvalue weighted by molar-refractivity contribution is 0.0513. The Hall–Kier alpha value is -1.36. The quantitative estimate of drug-likeness (QED) is 0.590. The molecule has 1 rings (SSSR count). The van der Waals surface area contributed by atoms with Crippen molar-refractivity contribution in [3.05, 3.63) is 17.0 Å². The zero-order chi connectivity index (χ0) is 12.0. The summed E-state index contributed by atoms with van der Waals surface area (Å²) in [5.41, 5.74) is 1.06. The Morgan fingerprint density at radius 2 is 2.25 bits per heavy atom. The van der Waals surface area contributed by atoms with Gasteiger partial charge in [0.1, 0.15) is 5.76 Å². The molecule has 0 saturated heterocycles. The summed E-state index contributed by atoms with van der Waals surface area (Å²) in [4.78, 5) is 11.5. The van der Waals surface area contributed by atoms with Crippen LogP contribution in [0.3, 0.4) is 0 Å². The molecule has 5 heteroatoms. The Balaban J connectivity index is 2.73. The molecule has 0 aliphatic heterocycles. The average Bonchev–Trinajstić information content (AvgIpc) is 2.61. The van der Waals surface area contributed by atoms with Crippen LogP contribution in [0.4, 0.5) is 0 Å². The molecule has 0 spiro atoms. The molecule has 90 valence electrons. The minimum atomic E-state index is -0.423. The standard InChI is InChI=1S/C11H18N2O3/c1-4-6-12-7-9-8(3)16-13-10(9)11(14)15-5-2/h12H,4-7H2,1-3H3. The number of hydrogen-bond acceptors (Lipinski definition) is 5. The van der Waals surface area contributed by atoms with E-state index in [9.17, 15) is 4.79 Å². The Kier molecular flexibility index (Phi) is 4.98. The molecule has 0 saturated carbocycles. The molecule has 0 atom stereocenters. The monoisotopic (exact) mass is 226 g/mol. The molecule has 1 N–H and O–H groups in total. The Morgan fingerprint density at radius 3 is 2.88 bits per heavy atom. The van der Waals surface area contributed by atoms with Crippen molar-refractivity contribution in [1.29, 1.82) is 0 Å². The van der Waals surface area contributed by atoms with Crippen molar-refractivity contribution in [2.75, 3.05) is 13.2 Å². The van der Waals surface area contributed by atoms with Crippen LogP contribution in [0.1, 0.15) is 42.1 Å². The number of rotatable bonds is 6. The van der Waals surface area contributed by atoms with Crippen LogP contribution in [-0.2, 0) is 11.3 Å². The van der Waals surface area contributed by atoms with E-state index >= 15 is 0 Å². The van der Waals surface area contributed by atoms with E-state index in [0.717, 1.165) is 18.5 Å². The van der Waals surface area contributed by atoms with Crippen molar-refractivity contribution in [3.8, 4) is 0 Å². The van der Waals surface area contributed by atoms with E-state index in [1.54, 1.807) is 13.8 Å². The second-order valence-electron chi connectivity index (χ2n) is 3.46. The molecule has 0 unspecified atom stereocenters. The number of nitrogens with one attached hydrogen (secondary N) is 1. The van der Waals surface area contributed by atoms with Gasteiger partial charge in [0.25, 0.3) is 0 Å². The zero-order valence-corrected chi connectivity index (χ0v) is 10.0. The van der Waals surface area contributed by atoms with Crippen molar-refractivity contribution >= 4 is 5.97 Å². The third-order valence-electron chi connectivity index (χ3n) is 2.18. The maximum Gasteiger partial charge on any atom is 0.360 e. The van der Waals surface area contributed by atoms with Crippen LogP contribution in [0.2, 0.25) is 0 Å². The number of aromatic nitrogens is 1. The topological polar surface area (TPSA) is 64.4 Å². The smallest absolute Gasteiger partial charge is 0.360 e. The summed E-state index contributed by atoms with van der Waals surface area (Å²) in [6, 6.07) is 0. The molecule has 0 aromatic carbocycles. The largest absolute Gasteiger partial charge is 0.461 e. The van der Waals surface area contributed by atoms with Gasteiger partial charge in [-0.1, -0.05) is 12.1 Å². The molecule has 16 heavy (non-hydrogen) atoms. The van der Waals surface area contributed by atoms with Crippen LogP contribution in [0, 0.1) is 6.92 Å². The Labute approximate surface area is 95.1 Å².